The molecule has 1 aliphatic rings. The Balaban J connectivity index is 1.61. The van der Waals surface area contributed by atoms with Crippen LogP contribution in [0.3, 0.4) is 0 Å². The van der Waals surface area contributed by atoms with Crippen LogP contribution in [0.15, 0.2) is 52.3 Å². The number of sulfone groups is 1. The van der Waals surface area contributed by atoms with E-state index >= 15 is 0 Å². The van der Waals surface area contributed by atoms with E-state index in [1.54, 1.807) is 6.07 Å². The third kappa shape index (κ3) is 5.83. The number of rotatable bonds is 6. The van der Waals surface area contributed by atoms with E-state index in [2.05, 4.69) is 10.6 Å². The minimum atomic E-state index is -3.64. The van der Waals surface area contributed by atoms with Crippen molar-refractivity contribution < 1.29 is 18.0 Å². The van der Waals surface area contributed by atoms with Crippen LogP contribution in [-0.2, 0) is 26.0 Å². The van der Waals surface area contributed by atoms with Gasteiger partial charge in [-0.25, -0.2) is 8.42 Å². The number of carbonyl (C=O) groups is 2. The molecule has 29 heavy (non-hydrogen) atoms. The Hall–Kier alpha value is -2.32. The SMILES string of the molecule is Cc1ccc(CNC(=O)CCS(=O)(=O)c2ccc3c(c2)NC(=O)C[C@@H](C)S3)cc1. The zero-order valence-electron chi connectivity index (χ0n) is 16.4. The average molecular weight is 433 g/mol. The molecule has 154 valence electrons. The average Bonchev–Trinajstić information content (AvgIpc) is 2.81. The molecule has 6 nitrogen and oxygen atoms in total. The van der Waals surface area contributed by atoms with E-state index in [1.807, 2.05) is 38.1 Å². The number of hydrogen-bond donors (Lipinski definition) is 2. The smallest absolute Gasteiger partial charge is 0.225 e. The highest BCUT2D eigenvalue weighted by Gasteiger charge is 2.22. The molecule has 0 saturated carbocycles. The lowest BCUT2D eigenvalue weighted by Crippen LogP contribution is -2.25. The van der Waals surface area contributed by atoms with Crippen LogP contribution in [-0.4, -0.2) is 31.2 Å². The Bertz CT molecular complexity index is 1020. The molecule has 8 heteroatoms. The van der Waals surface area contributed by atoms with Crippen molar-refractivity contribution in [3.63, 3.8) is 0 Å². The van der Waals surface area contributed by atoms with Crippen LogP contribution in [0.2, 0.25) is 0 Å². The molecular formula is C21H24N2O4S2. The molecule has 1 heterocycles. The molecule has 2 aromatic carbocycles. The van der Waals surface area contributed by atoms with Gasteiger partial charge in [0.25, 0.3) is 0 Å². The summed E-state index contributed by atoms with van der Waals surface area (Å²) in [5.74, 6) is -0.737. The number of anilines is 1. The van der Waals surface area contributed by atoms with Gasteiger partial charge in [-0.15, -0.1) is 11.8 Å². The van der Waals surface area contributed by atoms with Crippen molar-refractivity contribution in [3.8, 4) is 0 Å². The summed E-state index contributed by atoms with van der Waals surface area (Å²) in [6.07, 6.45) is 0.256. The summed E-state index contributed by atoms with van der Waals surface area (Å²) in [7, 11) is -3.64. The lowest BCUT2D eigenvalue weighted by atomic mass is 10.1. The first-order valence-corrected chi connectivity index (χ1v) is 11.9. The van der Waals surface area contributed by atoms with Gasteiger partial charge in [-0.05, 0) is 30.7 Å². The topological polar surface area (TPSA) is 92.3 Å². The van der Waals surface area contributed by atoms with E-state index in [4.69, 9.17) is 0 Å². The molecule has 2 amide bonds. The van der Waals surface area contributed by atoms with E-state index in [-0.39, 0.29) is 34.1 Å². The molecule has 3 rings (SSSR count). The van der Waals surface area contributed by atoms with E-state index < -0.39 is 9.84 Å². The molecule has 1 atom stereocenters. The van der Waals surface area contributed by atoms with E-state index in [0.717, 1.165) is 16.0 Å². The monoisotopic (exact) mass is 432 g/mol. The third-order valence-corrected chi connectivity index (χ3v) is 7.49. The van der Waals surface area contributed by atoms with Gasteiger partial charge in [0.15, 0.2) is 9.84 Å². The van der Waals surface area contributed by atoms with Gasteiger partial charge in [0, 0.05) is 29.5 Å². The first kappa shape index (κ1) is 21.4. The Morgan fingerprint density at radius 3 is 2.66 bits per heavy atom. The standard InChI is InChI=1S/C21H24N2O4S2/c1-14-3-5-16(6-4-14)13-22-20(24)9-10-29(26,27)17-7-8-19-18(12-17)23-21(25)11-15(2)28-19/h3-8,12,15H,9-11,13H2,1-2H3,(H,22,24)(H,23,25)/t15-/m1/s1. The normalized spacial score (nSPS) is 16.5. The van der Waals surface area contributed by atoms with Crippen molar-refractivity contribution in [2.75, 3.05) is 11.1 Å². The van der Waals surface area contributed by atoms with Gasteiger partial charge in [0.05, 0.1) is 16.3 Å². The van der Waals surface area contributed by atoms with Gasteiger partial charge in [-0.3, -0.25) is 9.59 Å². The second-order valence-electron chi connectivity index (χ2n) is 7.17. The van der Waals surface area contributed by atoms with Crippen molar-refractivity contribution in [3.05, 3.63) is 53.6 Å². The molecule has 1 aliphatic heterocycles. The number of fused-ring (bicyclic) bond motifs is 1. The molecule has 0 saturated heterocycles. The number of amides is 2. The van der Waals surface area contributed by atoms with Crippen molar-refractivity contribution in [1.29, 1.82) is 0 Å². The summed E-state index contributed by atoms with van der Waals surface area (Å²) in [5, 5.41) is 5.64. The molecule has 0 radical (unpaired) electrons. The van der Waals surface area contributed by atoms with Crippen LogP contribution in [0, 0.1) is 6.92 Å². The number of nitrogens with one attached hydrogen (secondary N) is 2. The fourth-order valence-corrected chi connectivity index (χ4v) is 5.28. The van der Waals surface area contributed by atoms with Gasteiger partial charge in [0.2, 0.25) is 11.8 Å². The molecule has 2 aromatic rings. The van der Waals surface area contributed by atoms with Crippen LogP contribution in [0.4, 0.5) is 5.69 Å². The third-order valence-electron chi connectivity index (χ3n) is 4.59. The summed E-state index contributed by atoms with van der Waals surface area (Å²) in [5.41, 5.74) is 2.60. The van der Waals surface area contributed by atoms with Crippen LogP contribution in [0.25, 0.3) is 0 Å². The summed E-state index contributed by atoms with van der Waals surface area (Å²) in [6, 6.07) is 12.5. The summed E-state index contributed by atoms with van der Waals surface area (Å²) < 4.78 is 25.3. The predicted molar refractivity (Wildman–Crippen MR) is 115 cm³/mol. The lowest BCUT2D eigenvalue weighted by Gasteiger charge is -2.11. The zero-order chi connectivity index (χ0) is 21.0. The first-order chi connectivity index (χ1) is 13.7. The second-order valence-corrected chi connectivity index (χ2v) is 10.8. The largest absolute Gasteiger partial charge is 0.352 e. The predicted octanol–water partition coefficient (Wildman–Crippen LogP) is 3.30. The van der Waals surface area contributed by atoms with Gasteiger partial charge in [-0.2, -0.15) is 0 Å². The lowest BCUT2D eigenvalue weighted by molar-refractivity contribution is -0.121. The van der Waals surface area contributed by atoms with E-state index in [0.29, 0.717) is 18.7 Å². The minimum Gasteiger partial charge on any atom is -0.352 e. The maximum absolute atomic E-state index is 12.7. The maximum Gasteiger partial charge on any atom is 0.225 e. The molecule has 0 fully saturated rings. The van der Waals surface area contributed by atoms with Crippen molar-refractivity contribution in [2.24, 2.45) is 0 Å². The fourth-order valence-electron chi connectivity index (χ4n) is 2.96. The van der Waals surface area contributed by atoms with E-state index in [9.17, 15) is 18.0 Å². The van der Waals surface area contributed by atoms with Crippen LogP contribution in [0.1, 0.15) is 30.9 Å². The Kier molecular flexibility index (Phi) is 6.64. The maximum atomic E-state index is 12.7. The van der Waals surface area contributed by atoms with Crippen molar-refractivity contribution in [1.82, 2.24) is 5.32 Å². The van der Waals surface area contributed by atoms with E-state index in [1.165, 1.54) is 23.9 Å². The van der Waals surface area contributed by atoms with Crippen LogP contribution >= 0.6 is 11.8 Å². The van der Waals surface area contributed by atoms with Crippen molar-refractivity contribution in [2.45, 2.75) is 48.3 Å². The molecule has 0 aliphatic carbocycles. The molecular weight excluding hydrogens is 408 g/mol. The summed E-state index contributed by atoms with van der Waals surface area (Å²) >= 11 is 1.54. The second kappa shape index (κ2) is 9.00. The number of thioether (sulfide) groups is 1. The quantitative estimate of drug-likeness (QED) is 0.731. The molecule has 0 aromatic heterocycles. The van der Waals surface area contributed by atoms with Gasteiger partial charge in [0.1, 0.15) is 0 Å². The summed E-state index contributed by atoms with van der Waals surface area (Å²) in [6.45, 7) is 4.30. The highest BCUT2D eigenvalue weighted by molar-refractivity contribution is 8.00. The first-order valence-electron chi connectivity index (χ1n) is 9.38. The molecule has 0 unspecified atom stereocenters. The number of carbonyl (C=O) groups excluding carboxylic acids is 2. The number of hydrogen-bond acceptors (Lipinski definition) is 5. The Labute approximate surface area is 175 Å². The van der Waals surface area contributed by atoms with Gasteiger partial charge >= 0.3 is 0 Å². The number of benzene rings is 2. The van der Waals surface area contributed by atoms with Gasteiger partial charge in [-0.1, -0.05) is 36.8 Å². The Morgan fingerprint density at radius 2 is 1.93 bits per heavy atom. The molecule has 0 spiro atoms. The number of aryl methyl sites for hydroxylation is 1. The minimum absolute atomic E-state index is 0.109. The highest BCUT2D eigenvalue weighted by atomic mass is 32.2. The van der Waals surface area contributed by atoms with Crippen LogP contribution < -0.4 is 10.6 Å². The Morgan fingerprint density at radius 1 is 1.21 bits per heavy atom. The van der Waals surface area contributed by atoms with Crippen LogP contribution in [0.5, 0.6) is 0 Å². The summed E-state index contributed by atoms with van der Waals surface area (Å²) in [4.78, 5) is 25.0. The molecule has 0 bridgehead atoms. The highest BCUT2D eigenvalue weighted by Crippen LogP contribution is 2.36. The zero-order valence-corrected chi connectivity index (χ0v) is 18.0. The van der Waals surface area contributed by atoms with Gasteiger partial charge < -0.3 is 10.6 Å². The molecule has 2 N–H and O–H groups in total. The fraction of sp³-hybridized carbons (Fsp3) is 0.333. The van der Waals surface area contributed by atoms with Crippen molar-refractivity contribution >= 4 is 39.1 Å².